The third kappa shape index (κ3) is 3.19. The van der Waals surface area contributed by atoms with Gasteiger partial charge in [-0.15, -0.1) is 0 Å². The second-order valence-electron chi connectivity index (χ2n) is 5.07. The predicted molar refractivity (Wildman–Crippen MR) is 64.3 cm³/mol. The summed E-state index contributed by atoms with van der Waals surface area (Å²) in [6.45, 7) is 6.02. The van der Waals surface area contributed by atoms with E-state index in [0.29, 0.717) is 6.54 Å². The molecule has 0 aromatic heterocycles. The van der Waals surface area contributed by atoms with Crippen LogP contribution < -0.4 is 5.32 Å². The maximum atomic E-state index is 11.5. The van der Waals surface area contributed by atoms with E-state index in [2.05, 4.69) is 10.2 Å². The second-order valence-corrected chi connectivity index (χ2v) is 5.07. The monoisotopic (exact) mass is 225 g/mol. The van der Waals surface area contributed by atoms with E-state index in [1.54, 1.807) is 0 Å². The average molecular weight is 225 g/mol. The van der Waals surface area contributed by atoms with Crippen molar-refractivity contribution in [3.05, 3.63) is 0 Å². The first-order valence-corrected chi connectivity index (χ1v) is 6.43. The van der Waals surface area contributed by atoms with Gasteiger partial charge in [0.1, 0.15) is 0 Å². The van der Waals surface area contributed by atoms with Crippen molar-refractivity contribution in [3.8, 4) is 0 Å². The highest BCUT2D eigenvalue weighted by molar-refractivity contribution is 5.78. The first-order chi connectivity index (χ1) is 7.75. The molecule has 1 N–H and O–H groups in total. The molecule has 2 saturated heterocycles. The average Bonchev–Trinajstić information content (AvgIpc) is 2.32. The molecule has 16 heavy (non-hydrogen) atoms. The van der Waals surface area contributed by atoms with Crippen molar-refractivity contribution in [1.82, 2.24) is 15.1 Å². The summed E-state index contributed by atoms with van der Waals surface area (Å²) in [5.41, 5.74) is 0. The molecule has 2 aliphatic rings. The maximum absolute atomic E-state index is 11.5. The van der Waals surface area contributed by atoms with Gasteiger partial charge in [-0.3, -0.25) is 9.69 Å². The van der Waals surface area contributed by atoms with Crippen LogP contribution in [0.3, 0.4) is 0 Å². The number of carbonyl (C=O) groups is 1. The van der Waals surface area contributed by atoms with Gasteiger partial charge in [0.15, 0.2) is 0 Å². The van der Waals surface area contributed by atoms with E-state index in [0.717, 1.165) is 25.6 Å². The first-order valence-electron chi connectivity index (χ1n) is 6.43. The molecule has 92 valence electrons. The van der Waals surface area contributed by atoms with Crippen LogP contribution in [0.25, 0.3) is 0 Å². The Morgan fingerprint density at radius 3 is 2.75 bits per heavy atom. The minimum Gasteiger partial charge on any atom is -0.343 e. The molecule has 0 radical (unpaired) electrons. The molecular weight excluding hydrogens is 202 g/mol. The van der Waals surface area contributed by atoms with Crippen molar-refractivity contribution in [3.63, 3.8) is 0 Å². The van der Waals surface area contributed by atoms with Crippen LogP contribution in [0.2, 0.25) is 0 Å². The van der Waals surface area contributed by atoms with Crippen LogP contribution in [0.5, 0.6) is 0 Å². The number of hydrogen-bond acceptors (Lipinski definition) is 3. The standard InChI is InChI=1S/C12H23N3O/c1-14-8-9-15(10-12(14)16)7-4-11-2-5-13-6-3-11/h11,13H,2-10H2,1H3. The van der Waals surface area contributed by atoms with Gasteiger partial charge in [0.05, 0.1) is 6.54 Å². The first kappa shape index (κ1) is 11.9. The second kappa shape index (κ2) is 5.64. The normalized spacial score (nSPS) is 25.1. The highest BCUT2D eigenvalue weighted by atomic mass is 16.2. The van der Waals surface area contributed by atoms with Crippen LogP contribution in [0.1, 0.15) is 19.3 Å². The summed E-state index contributed by atoms with van der Waals surface area (Å²) in [5, 5.41) is 3.39. The third-order valence-corrected chi connectivity index (χ3v) is 3.85. The SMILES string of the molecule is CN1CCN(CCC2CCNCC2)CC1=O. The van der Waals surface area contributed by atoms with E-state index in [-0.39, 0.29) is 5.91 Å². The quantitative estimate of drug-likeness (QED) is 0.743. The molecule has 1 amide bonds. The summed E-state index contributed by atoms with van der Waals surface area (Å²) in [5.74, 6) is 1.15. The molecule has 2 aliphatic heterocycles. The van der Waals surface area contributed by atoms with Crippen molar-refractivity contribution < 1.29 is 4.79 Å². The number of piperazine rings is 1. The lowest BCUT2D eigenvalue weighted by molar-refractivity contribution is -0.134. The topological polar surface area (TPSA) is 35.6 Å². The Morgan fingerprint density at radius 2 is 2.06 bits per heavy atom. The number of nitrogens with zero attached hydrogens (tertiary/aromatic N) is 2. The Labute approximate surface area is 98.0 Å². The number of likely N-dealkylation sites (N-methyl/N-ethyl adjacent to an activating group) is 1. The Morgan fingerprint density at radius 1 is 1.31 bits per heavy atom. The van der Waals surface area contributed by atoms with Crippen LogP contribution >= 0.6 is 0 Å². The smallest absolute Gasteiger partial charge is 0.236 e. The summed E-state index contributed by atoms with van der Waals surface area (Å²) >= 11 is 0. The minimum absolute atomic E-state index is 0.275. The lowest BCUT2D eigenvalue weighted by Crippen LogP contribution is -2.49. The zero-order valence-corrected chi connectivity index (χ0v) is 10.2. The summed E-state index contributed by atoms with van der Waals surface area (Å²) in [6, 6.07) is 0. The van der Waals surface area contributed by atoms with Gasteiger partial charge in [0.25, 0.3) is 0 Å². The lowest BCUT2D eigenvalue weighted by atomic mass is 9.94. The lowest BCUT2D eigenvalue weighted by Gasteiger charge is -2.33. The maximum Gasteiger partial charge on any atom is 0.236 e. The molecule has 0 saturated carbocycles. The fourth-order valence-electron chi connectivity index (χ4n) is 2.53. The molecule has 2 fully saturated rings. The zero-order valence-electron chi connectivity index (χ0n) is 10.2. The molecule has 0 aromatic rings. The van der Waals surface area contributed by atoms with E-state index in [9.17, 15) is 4.79 Å². The van der Waals surface area contributed by atoms with Gasteiger partial charge in [-0.2, -0.15) is 0 Å². The fraction of sp³-hybridized carbons (Fsp3) is 0.917. The van der Waals surface area contributed by atoms with Gasteiger partial charge in [0, 0.05) is 20.1 Å². The molecular formula is C12H23N3O. The van der Waals surface area contributed by atoms with E-state index >= 15 is 0 Å². The Kier molecular flexibility index (Phi) is 4.18. The van der Waals surface area contributed by atoms with Gasteiger partial charge in [-0.05, 0) is 44.8 Å². The Bertz CT molecular complexity index is 238. The predicted octanol–water partition coefficient (Wildman–Crippen LogP) is 0.150. The van der Waals surface area contributed by atoms with Crippen molar-refractivity contribution in [2.24, 2.45) is 5.92 Å². The molecule has 0 unspecified atom stereocenters. The van der Waals surface area contributed by atoms with Crippen molar-refractivity contribution in [1.29, 1.82) is 0 Å². The molecule has 2 heterocycles. The molecule has 4 heteroatoms. The summed E-state index contributed by atoms with van der Waals surface area (Å²) < 4.78 is 0. The van der Waals surface area contributed by atoms with Crippen LogP contribution in [-0.2, 0) is 4.79 Å². The zero-order chi connectivity index (χ0) is 11.4. The number of amides is 1. The van der Waals surface area contributed by atoms with Gasteiger partial charge in [-0.25, -0.2) is 0 Å². The van der Waals surface area contributed by atoms with Gasteiger partial charge < -0.3 is 10.2 Å². The van der Waals surface area contributed by atoms with Crippen molar-refractivity contribution >= 4 is 5.91 Å². The molecule has 0 aliphatic carbocycles. The Hall–Kier alpha value is -0.610. The van der Waals surface area contributed by atoms with Crippen molar-refractivity contribution in [2.75, 3.05) is 46.3 Å². The molecule has 4 nitrogen and oxygen atoms in total. The number of hydrogen-bond donors (Lipinski definition) is 1. The fourth-order valence-corrected chi connectivity index (χ4v) is 2.53. The molecule has 0 spiro atoms. The van der Waals surface area contributed by atoms with Crippen LogP contribution in [0, 0.1) is 5.92 Å². The molecule has 0 aromatic carbocycles. The third-order valence-electron chi connectivity index (χ3n) is 3.85. The molecule has 0 bridgehead atoms. The van der Waals surface area contributed by atoms with Gasteiger partial charge in [0.2, 0.25) is 5.91 Å². The summed E-state index contributed by atoms with van der Waals surface area (Å²) in [6.07, 6.45) is 3.88. The largest absolute Gasteiger partial charge is 0.343 e. The number of piperidine rings is 1. The number of rotatable bonds is 3. The minimum atomic E-state index is 0.275. The number of nitrogens with one attached hydrogen (secondary N) is 1. The van der Waals surface area contributed by atoms with Crippen LogP contribution in [0.15, 0.2) is 0 Å². The van der Waals surface area contributed by atoms with E-state index < -0.39 is 0 Å². The van der Waals surface area contributed by atoms with Crippen LogP contribution in [0.4, 0.5) is 0 Å². The van der Waals surface area contributed by atoms with Gasteiger partial charge in [-0.1, -0.05) is 0 Å². The summed E-state index contributed by atoms with van der Waals surface area (Å²) in [7, 11) is 1.90. The highest BCUT2D eigenvalue weighted by Crippen LogP contribution is 2.16. The Balaban J connectivity index is 1.67. The van der Waals surface area contributed by atoms with Crippen molar-refractivity contribution in [2.45, 2.75) is 19.3 Å². The molecule has 2 rings (SSSR count). The summed E-state index contributed by atoms with van der Waals surface area (Å²) in [4.78, 5) is 15.7. The van der Waals surface area contributed by atoms with Gasteiger partial charge >= 0.3 is 0 Å². The molecule has 0 atom stereocenters. The van der Waals surface area contributed by atoms with E-state index in [4.69, 9.17) is 0 Å². The highest BCUT2D eigenvalue weighted by Gasteiger charge is 2.21. The van der Waals surface area contributed by atoms with E-state index in [1.165, 1.54) is 32.4 Å². The van der Waals surface area contributed by atoms with Crippen LogP contribution in [-0.4, -0.2) is 62.0 Å². The van der Waals surface area contributed by atoms with E-state index in [1.807, 2.05) is 11.9 Å². The number of carbonyl (C=O) groups excluding carboxylic acids is 1.